The minimum atomic E-state index is -0.143. The summed E-state index contributed by atoms with van der Waals surface area (Å²) in [6, 6.07) is 6.83. The molecule has 0 saturated heterocycles. The highest BCUT2D eigenvalue weighted by Gasteiger charge is 2.11. The van der Waals surface area contributed by atoms with E-state index in [-0.39, 0.29) is 11.9 Å². The molecule has 1 N–H and O–H groups in total. The van der Waals surface area contributed by atoms with Crippen LogP contribution >= 0.6 is 0 Å². The van der Waals surface area contributed by atoms with Gasteiger partial charge in [0, 0.05) is 23.9 Å². The molecule has 20 heavy (non-hydrogen) atoms. The summed E-state index contributed by atoms with van der Waals surface area (Å²) in [4.78, 5) is 26.9. The van der Waals surface area contributed by atoms with E-state index in [2.05, 4.69) is 23.3 Å². The second kappa shape index (κ2) is 6.80. The van der Waals surface area contributed by atoms with Crippen LogP contribution < -0.4 is 5.32 Å². The first kappa shape index (κ1) is 14.2. The van der Waals surface area contributed by atoms with E-state index in [1.54, 1.807) is 24.3 Å². The SMILES string of the molecule is CCCC1C=C(CNC(=O)c2ccc(C=O)cc2)C=N1. The second-order valence-corrected chi connectivity index (χ2v) is 4.80. The number of rotatable bonds is 6. The predicted molar refractivity (Wildman–Crippen MR) is 79.4 cm³/mol. The quantitative estimate of drug-likeness (QED) is 0.807. The first-order valence-corrected chi connectivity index (χ1v) is 6.80. The minimum Gasteiger partial charge on any atom is -0.348 e. The van der Waals surface area contributed by atoms with Gasteiger partial charge in [0.25, 0.3) is 5.91 Å². The van der Waals surface area contributed by atoms with Crippen molar-refractivity contribution in [3.05, 3.63) is 47.0 Å². The normalized spacial score (nSPS) is 16.9. The van der Waals surface area contributed by atoms with Crippen LogP contribution in [0.25, 0.3) is 0 Å². The molecule has 0 aromatic heterocycles. The summed E-state index contributed by atoms with van der Waals surface area (Å²) in [5, 5.41) is 2.85. The lowest BCUT2D eigenvalue weighted by Gasteiger charge is -2.05. The summed E-state index contributed by atoms with van der Waals surface area (Å²) in [6.07, 6.45) is 6.83. The van der Waals surface area contributed by atoms with Crippen LogP contribution in [0, 0.1) is 0 Å². The van der Waals surface area contributed by atoms with E-state index in [1.165, 1.54) is 0 Å². The van der Waals surface area contributed by atoms with Gasteiger partial charge in [0.15, 0.2) is 0 Å². The van der Waals surface area contributed by atoms with E-state index in [1.807, 2.05) is 6.21 Å². The number of aldehydes is 1. The summed E-state index contributed by atoms with van der Waals surface area (Å²) in [5.74, 6) is -0.143. The molecule has 0 saturated carbocycles. The van der Waals surface area contributed by atoms with Gasteiger partial charge in [-0.25, -0.2) is 0 Å². The number of benzene rings is 1. The van der Waals surface area contributed by atoms with Crippen LogP contribution in [0.1, 0.15) is 40.5 Å². The number of hydrogen-bond donors (Lipinski definition) is 1. The lowest BCUT2D eigenvalue weighted by Crippen LogP contribution is -2.25. The van der Waals surface area contributed by atoms with E-state index in [0.29, 0.717) is 17.7 Å². The van der Waals surface area contributed by atoms with Crippen molar-refractivity contribution in [2.75, 3.05) is 6.54 Å². The van der Waals surface area contributed by atoms with Crippen molar-refractivity contribution in [2.45, 2.75) is 25.8 Å². The van der Waals surface area contributed by atoms with Gasteiger partial charge < -0.3 is 5.32 Å². The molecule has 1 unspecified atom stereocenters. The summed E-state index contributed by atoms with van der Waals surface area (Å²) >= 11 is 0. The first-order chi connectivity index (χ1) is 9.72. The lowest BCUT2D eigenvalue weighted by molar-refractivity contribution is 0.0957. The van der Waals surface area contributed by atoms with Gasteiger partial charge in [0.2, 0.25) is 0 Å². The van der Waals surface area contributed by atoms with Gasteiger partial charge in [-0.3, -0.25) is 14.6 Å². The fraction of sp³-hybridized carbons (Fsp3) is 0.312. The van der Waals surface area contributed by atoms with Gasteiger partial charge >= 0.3 is 0 Å². The number of hydrogen-bond acceptors (Lipinski definition) is 3. The molecule has 1 aliphatic heterocycles. The van der Waals surface area contributed by atoms with Crippen molar-refractivity contribution in [1.29, 1.82) is 0 Å². The van der Waals surface area contributed by atoms with Crippen molar-refractivity contribution >= 4 is 18.4 Å². The zero-order chi connectivity index (χ0) is 14.4. The van der Waals surface area contributed by atoms with Crippen LogP contribution in [0.4, 0.5) is 0 Å². The molecule has 1 aromatic carbocycles. The molecule has 104 valence electrons. The Morgan fingerprint density at radius 2 is 2.10 bits per heavy atom. The number of nitrogens with one attached hydrogen (secondary N) is 1. The molecule has 0 aliphatic carbocycles. The second-order valence-electron chi connectivity index (χ2n) is 4.80. The number of nitrogens with zero attached hydrogens (tertiary/aromatic N) is 1. The van der Waals surface area contributed by atoms with Crippen LogP contribution in [0.2, 0.25) is 0 Å². The van der Waals surface area contributed by atoms with Crippen molar-refractivity contribution in [3.8, 4) is 0 Å². The number of carbonyl (C=O) groups excluding carboxylic acids is 2. The monoisotopic (exact) mass is 270 g/mol. The Balaban J connectivity index is 1.87. The van der Waals surface area contributed by atoms with E-state index < -0.39 is 0 Å². The first-order valence-electron chi connectivity index (χ1n) is 6.80. The summed E-state index contributed by atoms with van der Waals surface area (Å²) < 4.78 is 0. The average molecular weight is 270 g/mol. The molecular formula is C16H18N2O2. The largest absolute Gasteiger partial charge is 0.348 e. The van der Waals surface area contributed by atoms with Crippen LogP contribution in [-0.2, 0) is 0 Å². The van der Waals surface area contributed by atoms with E-state index in [4.69, 9.17) is 0 Å². The Morgan fingerprint density at radius 3 is 2.75 bits per heavy atom. The Hall–Kier alpha value is -2.23. The van der Waals surface area contributed by atoms with E-state index in [0.717, 1.165) is 24.7 Å². The zero-order valence-corrected chi connectivity index (χ0v) is 11.5. The number of amides is 1. The van der Waals surface area contributed by atoms with Crippen LogP contribution in [0.15, 0.2) is 40.9 Å². The molecule has 0 radical (unpaired) electrons. The highest BCUT2D eigenvalue weighted by molar-refractivity contribution is 5.95. The van der Waals surface area contributed by atoms with Gasteiger partial charge in [-0.1, -0.05) is 31.6 Å². The molecular weight excluding hydrogens is 252 g/mol. The standard InChI is InChI=1S/C16H18N2O2/c1-2-3-15-8-13(9-17-15)10-18-16(20)14-6-4-12(11-19)5-7-14/h4-9,11,15H,2-3,10H2,1H3,(H,18,20). The van der Waals surface area contributed by atoms with E-state index >= 15 is 0 Å². The molecule has 4 heteroatoms. The molecule has 1 aromatic rings. The van der Waals surface area contributed by atoms with Crippen LogP contribution in [0.3, 0.4) is 0 Å². The third kappa shape index (κ3) is 3.63. The molecule has 1 atom stereocenters. The molecule has 1 aliphatic rings. The van der Waals surface area contributed by atoms with Crippen LogP contribution in [0.5, 0.6) is 0 Å². The smallest absolute Gasteiger partial charge is 0.251 e. The third-order valence-electron chi connectivity index (χ3n) is 3.18. The number of aliphatic imine (C=N–C) groups is 1. The van der Waals surface area contributed by atoms with Crippen molar-refractivity contribution in [3.63, 3.8) is 0 Å². The van der Waals surface area contributed by atoms with Crippen LogP contribution in [-0.4, -0.2) is 31.0 Å². The molecule has 1 amide bonds. The summed E-state index contributed by atoms with van der Waals surface area (Å²) in [7, 11) is 0. The van der Waals surface area contributed by atoms with Crippen molar-refractivity contribution in [1.82, 2.24) is 5.32 Å². The maximum absolute atomic E-state index is 11.9. The maximum Gasteiger partial charge on any atom is 0.251 e. The van der Waals surface area contributed by atoms with Gasteiger partial charge in [0.1, 0.15) is 6.29 Å². The molecule has 4 nitrogen and oxygen atoms in total. The third-order valence-corrected chi connectivity index (χ3v) is 3.18. The Bertz CT molecular complexity index is 544. The highest BCUT2D eigenvalue weighted by Crippen LogP contribution is 2.12. The van der Waals surface area contributed by atoms with Gasteiger partial charge in [0.05, 0.1) is 6.04 Å². The highest BCUT2D eigenvalue weighted by atomic mass is 16.1. The van der Waals surface area contributed by atoms with Crippen molar-refractivity contribution in [2.24, 2.45) is 4.99 Å². The Morgan fingerprint density at radius 1 is 1.35 bits per heavy atom. The zero-order valence-electron chi connectivity index (χ0n) is 11.5. The Kier molecular flexibility index (Phi) is 4.82. The van der Waals surface area contributed by atoms with Gasteiger partial charge in [-0.15, -0.1) is 0 Å². The van der Waals surface area contributed by atoms with Gasteiger partial charge in [-0.2, -0.15) is 0 Å². The summed E-state index contributed by atoms with van der Waals surface area (Å²) in [5.41, 5.74) is 2.16. The predicted octanol–water partition coefficient (Wildman–Crippen LogP) is 2.41. The lowest BCUT2D eigenvalue weighted by atomic mass is 10.1. The van der Waals surface area contributed by atoms with Crippen molar-refractivity contribution < 1.29 is 9.59 Å². The van der Waals surface area contributed by atoms with E-state index in [9.17, 15) is 9.59 Å². The molecule has 0 bridgehead atoms. The molecule has 2 rings (SSSR count). The summed E-state index contributed by atoms with van der Waals surface area (Å²) in [6.45, 7) is 2.62. The fourth-order valence-corrected chi connectivity index (χ4v) is 2.08. The van der Waals surface area contributed by atoms with Gasteiger partial charge in [-0.05, 0) is 24.1 Å². The number of carbonyl (C=O) groups is 2. The molecule has 0 spiro atoms. The molecule has 0 fully saturated rings. The maximum atomic E-state index is 11.9. The topological polar surface area (TPSA) is 58.5 Å². The fourth-order valence-electron chi connectivity index (χ4n) is 2.08. The Labute approximate surface area is 118 Å². The average Bonchev–Trinajstić information content (AvgIpc) is 2.93. The molecule has 1 heterocycles. The minimum absolute atomic E-state index is 0.143.